The Morgan fingerprint density at radius 3 is 2.43 bits per heavy atom. The van der Waals surface area contributed by atoms with E-state index >= 15 is 0 Å². The molecule has 0 aliphatic heterocycles. The Labute approximate surface area is 135 Å². The molecule has 0 bridgehead atoms. The highest BCUT2D eigenvalue weighted by Gasteiger charge is 2.27. The first-order chi connectivity index (χ1) is 10.0. The van der Waals surface area contributed by atoms with Gasteiger partial charge in [-0.25, -0.2) is 0 Å². The molecule has 2 unspecified atom stereocenters. The first kappa shape index (κ1) is 16.6. The zero-order valence-corrected chi connectivity index (χ0v) is 14.6. The van der Waals surface area contributed by atoms with Crippen LogP contribution in [0, 0.1) is 11.8 Å². The summed E-state index contributed by atoms with van der Waals surface area (Å²) in [4.78, 5) is 0. The monoisotopic (exact) mass is 356 g/mol. The average Bonchev–Trinajstić information content (AvgIpc) is 2.41. The summed E-state index contributed by atoms with van der Waals surface area (Å²) in [6.07, 6.45) is 3.69. The van der Waals surface area contributed by atoms with E-state index in [9.17, 15) is 5.11 Å². The van der Waals surface area contributed by atoms with Gasteiger partial charge < -0.3 is 14.6 Å². The van der Waals surface area contributed by atoms with Crippen LogP contribution in [0.4, 0.5) is 0 Å². The highest BCUT2D eigenvalue weighted by Crippen LogP contribution is 2.40. The van der Waals surface area contributed by atoms with Gasteiger partial charge in [-0.1, -0.05) is 13.8 Å². The Hall–Kier alpha value is -0.740. The van der Waals surface area contributed by atoms with Gasteiger partial charge in [0.05, 0.1) is 23.8 Å². The molecule has 2 rings (SSSR count). The zero-order chi connectivity index (χ0) is 15.4. The van der Waals surface area contributed by atoms with E-state index in [2.05, 4.69) is 29.8 Å². The Bertz CT molecular complexity index is 465. The van der Waals surface area contributed by atoms with Gasteiger partial charge in [0.1, 0.15) is 0 Å². The third kappa shape index (κ3) is 4.36. The van der Waals surface area contributed by atoms with E-state index in [4.69, 9.17) is 9.47 Å². The molecular formula is C17H25BrO3. The zero-order valence-electron chi connectivity index (χ0n) is 13.1. The summed E-state index contributed by atoms with van der Waals surface area (Å²) >= 11 is 3.55. The summed E-state index contributed by atoms with van der Waals surface area (Å²) in [5.74, 6) is 2.87. The Morgan fingerprint density at radius 2 is 1.86 bits per heavy atom. The maximum atomic E-state index is 9.32. The lowest BCUT2D eigenvalue weighted by Crippen LogP contribution is -2.28. The molecule has 0 amide bonds. The molecular weight excluding hydrogens is 332 g/mol. The molecule has 0 radical (unpaired) electrons. The minimum absolute atomic E-state index is 0.00352. The molecule has 118 valence electrons. The highest BCUT2D eigenvalue weighted by molar-refractivity contribution is 9.10. The van der Waals surface area contributed by atoms with Gasteiger partial charge in [0, 0.05) is 0 Å². The van der Waals surface area contributed by atoms with Gasteiger partial charge in [-0.15, -0.1) is 0 Å². The van der Waals surface area contributed by atoms with Crippen LogP contribution < -0.4 is 9.47 Å². The summed E-state index contributed by atoms with van der Waals surface area (Å²) in [5.41, 5.74) is 0.822. The second kappa shape index (κ2) is 7.50. The molecule has 2 atom stereocenters. The Morgan fingerprint density at radius 1 is 1.19 bits per heavy atom. The van der Waals surface area contributed by atoms with Crippen molar-refractivity contribution in [2.24, 2.45) is 11.8 Å². The number of aliphatic hydroxyl groups is 1. The molecule has 1 aliphatic carbocycles. The molecule has 21 heavy (non-hydrogen) atoms. The fourth-order valence-corrected chi connectivity index (χ4v) is 3.81. The van der Waals surface area contributed by atoms with Crippen molar-refractivity contribution in [3.8, 4) is 11.5 Å². The lowest BCUT2D eigenvalue weighted by molar-refractivity contribution is 0.0963. The first-order valence-electron chi connectivity index (χ1n) is 7.76. The van der Waals surface area contributed by atoms with Crippen molar-refractivity contribution in [1.29, 1.82) is 0 Å². The minimum Gasteiger partial charge on any atom is -0.490 e. The van der Waals surface area contributed by atoms with Crippen LogP contribution in [0.1, 0.15) is 45.6 Å². The quantitative estimate of drug-likeness (QED) is 0.841. The molecule has 1 aliphatic rings. The van der Waals surface area contributed by atoms with Gasteiger partial charge in [0.25, 0.3) is 0 Å². The van der Waals surface area contributed by atoms with Gasteiger partial charge in [0.15, 0.2) is 11.5 Å². The summed E-state index contributed by atoms with van der Waals surface area (Å²) in [7, 11) is 0. The lowest BCUT2D eigenvalue weighted by atomic mass is 9.82. The highest BCUT2D eigenvalue weighted by atomic mass is 79.9. The van der Waals surface area contributed by atoms with E-state index in [1.54, 1.807) is 0 Å². The predicted octanol–water partition coefficient (Wildman–Crippen LogP) is 4.54. The van der Waals surface area contributed by atoms with Crippen molar-refractivity contribution < 1.29 is 14.6 Å². The lowest BCUT2D eigenvalue weighted by Gasteiger charge is -2.32. The SMILES string of the molecule is CCOc1cc(CO)cc(Br)c1OC1CC(C)CC(C)C1. The van der Waals surface area contributed by atoms with Crippen molar-refractivity contribution >= 4 is 15.9 Å². The number of benzene rings is 1. The van der Waals surface area contributed by atoms with Crippen molar-refractivity contribution in [2.45, 2.75) is 52.7 Å². The number of ether oxygens (including phenoxy) is 2. The molecule has 0 spiro atoms. The van der Waals surface area contributed by atoms with Gasteiger partial charge in [0.2, 0.25) is 0 Å². The maximum absolute atomic E-state index is 9.32. The van der Waals surface area contributed by atoms with Crippen LogP contribution >= 0.6 is 15.9 Å². The molecule has 1 N–H and O–H groups in total. The summed E-state index contributed by atoms with van der Waals surface area (Å²) in [5, 5.41) is 9.32. The van der Waals surface area contributed by atoms with Gasteiger partial charge in [-0.3, -0.25) is 0 Å². The molecule has 3 nitrogen and oxygen atoms in total. The molecule has 4 heteroatoms. The maximum Gasteiger partial charge on any atom is 0.175 e. The Balaban J connectivity index is 2.21. The van der Waals surface area contributed by atoms with E-state index < -0.39 is 0 Å². The number of halogens is 1. The molecule has 0 saturated heterocycles. The normalized spacial score (nSPS) is 25.7. The van der Waals surface area contributed by atoms with E-state index in [1.165, 1.54) is 6.42 Å². The van der Waals surface area contributed by atoms with Crippen LogP contribution in [0.15, 0.2) is 16.6 Å². The average molecular weight is 357 g/mol. The fourth-order valence-electron chi connectivity index (χ4n) is 3.23. The van der Waals surface area contributed by atoms with Gasteiger partial charge in [-0.05, 0) is 71.6 Å². The van der Waals surface area contributed by atoms with Crippen LogP contribution in [-0.2, 0) is 6.61 Å². The van der Waals surface area contributed by atoms with Crippen LogP contribution in [0.2, 0.25) is 0 Å². The molecule has 1 aromatic carbocycles. The number of rotatable bonds is 5. The summed E-state index contributed by atoms with van der Waals surface area (Å²) in [6, 6.07) is 3.76. The van der Waals surface area contributed by atoms with Crippen molar-refractivity contribution in [2.75, 3.05) is 6.61 Å². The second-order valence-electron chi connectivity index (χ2n) is 6.15. The second-order valence-corrected chi connectivity index (χ2v) is 7.01. The van der Waals surface area contributed by atoms with Crippen LogP contribution in [-0.4, -0.2) is 17.8 Å². The van der Waals surface area contributed by atoms with E-state index in [0.29, 0.717) is 24.2 Å². The van der Waals surface area contributed by atoms with Crippen molar-refractivity contribution in [3.05, 3.63) is 22.2 Å². The van der Waals surface area contributed by atoms with Crippen molar-refractivity contribution in [1.82, 2.24) is 0 Å². The number of hydrogen-bond donors (Lipinski definition) is 1. The van der Waals surface area contributed by atoms with Gasteiger partial charge in [-0.2, -0.15) is 0 Å². The number of hydrogen-bond acceptors (Lipinski definition) is 3. The minimum atomic E-state index is -0.00352. The van der Waals surface area contributed by atoms with E-state index in [0.717, 1.165) is 28.6 Å². The summed E-state index contributed by atoms with van der Waals surface area (Å²) in [6.45, 7) is 7.11. The van der Waals surface area contributed by atoms with E-state index in [-0.39, 0.29) is 12.7 Å². The molecule has 0 aromatic heterocycles. The third-order valence-electron chi connectivity index (χ3n) is 3.97. The standard InChI is InChI=1S/C17H25BrO3/c1-4-20-16-9-13(10-19)8-15(18)17(16)21-14-6-11(2)5-12(3)7-14/h8-9,11-12,14,19H,4-7,10H2,1-3H3. The van der Waals surface area contributed by atoms with Crippen LogP contribution in [0.5, 0.6) is 11.5 Å². The van der Waals surface area contributed by atoms with Gasteiger partial charge >= 0.3 is 0 Å². The smallest absolute Gasteiger partial charge is 0.175 e. The van der Waals surface area contributed by atoms with Crippen LogP contribution in [0.3, 0.4) is 0 Å². The number of aliphatic hydroxyl groups excluding tert-OH is 1. The molecule has 1 saturated carbocycles. The molecule has 1 fully saturated rings. The topological polar surface area (TPSA) is 38.7 Å². The Kier molecular flexibility index (Phi) is 5.94. The third-order valence-corrected chi connectivity index (χ3v) is 4.56. The predicted molar refractivity (Wildman–Crippen MR) is 87.8 cm³/mol. The molecule has 1 aromatic rings. The van der Waals surface area contributed by atoms with E-state index in [1.807, 2.05) is 19.1 Å². The molecule has 0 heterocycles. The largest absolute Gasteiger partial charge is 0.490 e. The van der Waals surface area contributed by atoms with Crippen molar-refractivity contribution in [3.63, 3.8) is 0 Å². The summed E-state index contributed by atoms with van der Waals surface area (Å²) < 4.78 is 12.8. The first-order valence-corrected chi connectivity index (χ1v) is 8.55. The fraction of sp³-hybridized carbons (Fsp3) is 0.647. The van der Waals surface area contributed by atoms with Crippen LogP contribution in [0.25, 0.3) is 0 Å².